The molecule has 5 nitrogen and oxygen atoms in total. The molecule has 2 aromatic rings. The minimum absolute atomic E-state index is 0.346. The van der Waals surface area contributed by atoms with Crippen molar-refractivity contribution in [3.05, 3.63) is 36.7 Å². The first-order valence-electron chi connectivity index (χ1n) is 6.30. The number of H-pyrrole nitrogens is 1. The molecule has 1 unspecified atom stereocenters. The number of benzene rings is 1. The molecular formula is C14H15N3O2. The van der Waals surface area contributed by atoms with Gasteiger partial charge in [0.15, 0.2) is 0 Å². The van der Waals surface area contributed by atoms with Gasteiger partial charge in [-0.15, -0.1) is 0 Å². The Morgan fingerprint density at radius 1 is 1.53 bits per heavy atom. The summed E-state index contributed by atoms with van der Waals surface area (Å²) in [6, 6.07) is 5.42. The van der Waals surface area contributed by atoms with Crippen LogP contribution < -0.4 is 4.74 Å². The summed E-state index contributed by atoms with van der Waals surface area (Å²) in [5.74, 6) is 0.987. The van der Waals surface area contributed by atoms with Crippen LogP contribution in [0.5, 0.6) is 5.75 Å². The molecule has 1 atom stereocenters. The summed E-state index contributed by atoms with van der Waals surface area (Å²) in [6.45, 7) is 2.81. The first kappa shape index (κ1) is 11.8. The Hall–Kier alpha value is -2.30. The van der Waals surface area contributed by atoms with Gasteiger partial charge in [0.05, 0.1) is 11.7 Å². The number of rotatable bonds is 1. The van der Waals surface area contributed by atoms with Gasteiger partial charge in [-0.05, 0) is 24.5 Å². The zero-order valence-electron chi connectivity index (χ0n) is 10.7. The lowest BCUT2D eigenvalue weighted by Gasteiger charge is -2.24. The average Bonchev–Trinajstić information content (AvgIpc) is 2.86. The largest absolute Gasteiger partial charge is 0.419 e. The molecule has 0 bridgehead atoms. The third kappa shape index (κ3) is 2.45. The molecule has 1 aromatic carbocycles. The molecule has 0 aliphatic carbocycles. The van der Waals surface area contributed by atoms with Gasteiger partial charge in [-0.1, -0.05) is 13.0 Å². The lowest BCUT2D eigenvalue weighted by Crippen LogP contribution is -2.34. The van der Waals surface area contributed by atoms with Gasteiger partial charge in [-0.2, -0.15) is 5.10 Å². The molecule has 2 heterocycles. The minimum atomic E-state index is -0.346. The summed E-state index contributed by atoms with van der Waals surface area (Å²) >= 11 is 0. The number of nitrogens with zero attached hydrogens (tertiary/aromatic N) is 2. The third-order valence-electron chi connectivity index (χ3n) is 3.19. The lowest BCUT2D eigenvalue weighted by atomic mass is 10.1. The van der Waals surface area contributed by atoms with Gasteiger partial charge in [0.2, 0.25) is 0 Å². The molecule has 98 valence electrons. The molecule has 0 saturated heterocycles. The lowest BCUT2D eigenvalue weighted by molar-refractivity contribution is 0.162. The fourth-order valence-corrected chi connectivity index (χ4v) is 2.17. The predicted molar refractivity (Wildman–Crippen MR) is 71.7 cm³/mol. The van der Waals surface area contributed by atoms with Crippen LogP contribution >= 0.6 is 0 Å². The van der Waals surface area contributed by atoms with Crippen LogP contribution in [-0.2, 0) is 0 Å². The SMILES string of the molecule is CC1CC=CN(C(=O)Oc2ccc3cn[nH]c3c2)C1. The molecule has 5 heteroatoms. The second kappa shape index (κ2) is 4.76. The summed E-state index contributed by atoms with van der Waals surface area (Å²) in [4.78, 5) is 13.6. The number of nitrogens with one attached hydrogen (secondary N) is 1. The van der Waals surface area contributed by atoms with Gasteiger partial charge in [0, 0.05) is 24.2 Å². The van der Waals surface area contributed by atoms with E-state index in [4.69, 9.17) is 4.74 Å². The van der Waals surface area contributed by atoms with Gasteiger partial charge < -0.3 is 4.74 Å². The summed E-state index contributed by atoms with van der Waals surface area (Å²) in [6.07, 6.45) is 6.17. The van der Waals surface area contributed by atoms with E-state index in [1.54, 1.807) is 29.4 Å². The number of amides is 1. The fourth-order valence-electron chi connectivity index (χ4n) is 2.17. The first-order chi connectivity index (χ1) is 9.22. The molecule has 0 radical (unpaired) electrons. The molecule has 0 spiro atoms. The topological polar surface area (TPSA) is 58.2 Å². The number of aromatic amines is 1. The maximum Gasteiger partial charge on any atom is 0.419 e. The van der Waals surface area contributed by atoms with Crippen LogP contribution in [0.15, 0.2) is 36.7 Å². The summed E-state index contributed by atoms with van der Waals surface area (Å²) in [7, 11) is 0. The Balaban J connectivity index is 1.75. The maximum absolute atomic E-state index is 12.0. The standard InChI is InChI=1S/C14H15N3O2/c1-10-3-2-6-17(9-10)14(18)19-12-5-4-11-8-15-16-13(11)7-12/h2,4-8,10H,3,9H2,1H3,(H,15,16). The highest BCUT2D eigenvalue weighted by Gasteiger charge is 2.19. The van der Waals surface area contributed by atoms with E-state index in [0.717, 1.165) is 17.3 Å². The van der Waals surface area contributed by atoms with E-state index >= 15 is 0 Å². The van der Waals surface area contributed by atoms with E-state index in [-0.39, 0.29) is 6.09 Å². The molecule has 1 aliphatic heterocycles. The zero-order valence-corrected chi connectivity index (χ0v) is 10.7. The van der Waals surface area contributed by atoms with Crippen LogP contribution in [-0.4, -0.2) is 27.7 Å². The van der Waals surface area contributed by atoms with Crippen LogP contribution in [0, 0.1) is 5.92 Å². The summed E-state index contributed by atoms with van der Waals surface area (Å²) < 4.78 is 5.37. The number of aromatic nitrogens is 2. The van der Waals surface area contributed by atoms with E-state index in [9.17, 15) is 4.79 Å². The van der Waals surface area contributed by atoms with Crippen molar-refractivity contribution in [3.8, 4) is 5.75 Å². The van der Waals surface area contributed by atoms with Crippen LogP contribution in [0.25, 0.3) is 10.9 Å². The van der Waals surface area contributed by atoms with Gasteiger partial charge in [-0.25, -0.2) is 4.79 Å². The number of hydrogen-bond donors (Lipinski definition) is 1. The van der Waals surface area contributed by atoms with Crippen molar-refractivity contribution in [1.82, 2.24) is 15.1 Å². The number of carbonyl (C=O) groups excluding carboxylic acids is 1. The highest BCUT2D eigenvalue weighted by molar-refractivity contribution is 5.80. The number of ether oxygens (including phenoxy) is 1. The second-order valence-electron chi connectivity index (χ2n) is 4.87. The molecule has 1 aliphatic rings. The maximum atomic E-state index is 12.0. The van der Waals surface area contributed by atoms with Gasteiger partial charge in [0.25, 0.3) is 0 Å². The van der Waals surface area contributed by atoms with Crippen molar-refractivity contribution < 1.29 is 9.53 Å². The Morgan fingerprint density at radius 2 is 2.42 bits per heavy atom. The average molecular weight is 257 g/mol. The monoisotopic (exact) mass is 257 g/mol. The number of hydrogen-bond acceptors (Lipinski definition) is 3. The van der Waals surface area contributed by atoms with Crippen LogP contribution in [0.3, 0.4) is 0 Å². The summed E-state index contributed by atoms with van der Waals surface area (Å²) in [5, 5.41) is 7.78. The minimum Gasteiger partial charge on any atom is -0.410 e. The van der Waals surface area contributed by atoms with Crippen molar-refractivity contribution in [2.45, 2.75) is 13.3 Å². The van der Waals surface area contributed by atoms with Gasteiger partial charge in [-0.3, -0.25) is 10.00 Å². The molecule has 1 aromatic heterocycles. The van der Waals surface area contributed by atoms with E-state index < -0.39 is 0 Å². The smallest absolute Gasteiger partial charge is 0.410 e. The van der Waals surface area contributed by atoms with Crippen LogP contribution in [0.1, 0.15) is 13.3 Å². The first-order valence-corrected chi connectivity index (χ1v) is 6.30. The fraction of sp³-hybridized carbons (Fsp3) is 0.286. The van der Waals surface area contributed by atoms with E-state index in [1.807, 2.05) is 12.1 Å². The van der Waals surface area contributed by atoms with Crippen molar-refractivity contribution in [2.24, 2.45) is 5.92 Å². The molecule has 0 fully saturated rings. The van der Waals surface area contributed by atoms with Crippen molar-refractivity contribution in [3.63, 3.8) is 0 Å². The Morgan fingerprint density at radius 3 is 3.26 bits per heavy atom. The number of allylic oxidation sites excluding steroid dienone is 1. The molecule has 1 N–H and O–H groups in total. The van der Waals surface area contributed by atoms with Gasteiger partial charge >= 0.3 is 6.09 Å². The molecule has 0 saturated carbocycles. The molecule has 19 heavy (non-hydrogen) atoms. The zero-order chi connectivity index (χ0) is 13.2. The van der Waals surface area contributed by atoms with Crippen molar-refractivity contribution >= 4 is 17.0 Å². The third-order valence-corrected chi connectivity index (χ3v) is 3.19. The molecule has 1 amide bonds. The predicted octanol–water partition coefficient (Wildman–Crippen LogP) is 2.92. The Bertz CT molecular complexity index is 632. The quantitative estimate of drug-likeness (QED) is 0.854. The van der Waals surface area contributed by atoms with Crippen molar-refractivity contribution in [1.29, 1.82) is 0 Å². The highest BCUT2D eigenvalue weighted by atomic mass is 16.6. The Labute approximate surface area is 110 Å². The van der Waals surface area contributed by atoms with Crippen LogP contribution in [0.4, 0.5) is 4.79 Å². The molecular weight excluding hydrogens is 242 g/mol. The molecule has 3 rings (SSSR count). The summed E-state index contributed by atoms with van der Waals surface area (Å²) in [5.41, 5.74) is 0.854. The Kier molecular flexibility index (Phi) is 2.95. The van der Waals surface area contributed by atoms with Crippen LogP contribution in [0.2, 0.25) is 0 Å². The van der Waals surface area contributed by atoms with Crippen molar-refractivity contribution in [2.75, 3.05) is 6.54 Å². The normalized spacial score (nSPS) is 18.8. The highest BCUT2D eigenvalue weighted by Crippen LogP contribution is 2.20. The number of carbonyl (C=O) groups is 1. The van der Waals surface area contributed by atoms with E-state index in [0.29, 0.717) is 18.2 Å². The van der Waals surface area contributed by atoms with Gasteiger partial charge in [0.1, 0.15) is 5.75 Å². The van der Waals surface area contributed by atoms with E-state index in [2.05, 4.69) is 17.1 Å². The van der Waals surface area contributed by atoms with E-state index in [1.165, 1.54) is 0 Å². The second-order valence-corrected chi connectivity index (χ2v) is 4.87. The number of fused-ring (bicyclic) bond motifs is 1.